The van der Waals surface area contributed by atoms with Gasteiger partial charge in [-0.3, -0.25) is 10.1 Å². The van der Waals surface area contributed by atoms with E-state index in [1.165, 1.54) is 0 Å². The molecule has 10 heteroatoms. The second kappa shape index (κ2) is 12.1. The SMILES string of the molecule is CCOC(=O)Cc1ccccc1OCc1c(C(=O)OC(C)(C)C)oc2c(NC(=O)OCC)cc(Br)cc12. The van der Waals surface area contributed by atoms with Crippen molar-refractivity contribution in [2.45, 2.75) is 53.2 Å². The highest BCUT2D eigenvalue weighted by Gasteiger charge is 2.28. The number of ether oxygens (including phenoxy) is 4. The lowest BCUT2D eigenvalue weighted by Gasteiger charge is -2.19. The van der Waals surface area contributed by atoms with Crippen LogP contribution in [-0.4, -0.2) is 36.8 Å². The molecule has 9 nitrogen and oxygen atoms in total. The first-order chi connectivity index (χ1) is 17.5. The maximum atomic E-state index is 13.1. The molecular weight excluding hydrogens is 546 g/mol. The van der Waals surface area contributed by atoms with Crippen molar-refractivity contribution in [1.82, 2.24) is 0 Å². The topological polar surface area (TPSA) is 113 Å². The molecule has 0 aliphatic carbocycles. The number of hydrogen-bond donors (Lipinski definition) is 1. The van der Waals surface area contributed by atoms with Gasteiger partial charge in [0.25, 0.3) is 0 Å². The summed E-state index contributed by atoms with van der Waals surface area (Å²) in [4.78, 5) is 37.3. The molecule has 0 saturated heterocycles. The van der Waals surface area contributed by atoms with Crippen LogP contribution in [0, 0.1) is 0 Å². The summed E-state index contributed by atoms with van der Waals surface area (Å²) in [5.41, 5.74) is 0.853. The first-order valence-electron chi connectivity index (χ1n) is 11.8. The summed E-state index contributed by atoms with van der Waals surface area (Å²) in [5, 5.41) is 3.17. The van der Waals surface area contributed by atoms with Crippen molar-refractivity contribution in [3.63, 3.8) is 0 Å². The summed E-state index contributed by atoms with van der Waals surface area (Å²) in [5.74, 6) is -0.654. The number of rotatable bonds is 9. The quantitative estimate of drug-likeness (QED) is 0.230. The van der Waals surface area contributed by atoms with Crippen molar-refractivity contribution in [2.24, 2.45) is 0 Å². The number of fused-ring (bicyclic) bond motifs is 1. The molecule has 37 heavy (non-hydrogen) atoms. The second-order valence-corrected chi connectivity index (χ2v) is 9.88. The molecule has 198 valence electrons. The van der Waals surface area contributed by atoms with E-state index in [4.69, 9.17) is 23.4 Å². The van der Waals surface area contributed by atoms with Crippen molar-refractivity contribution in [1.29, 1.82) is 0 Å². The summed E-state index contributed by atoms with van der Waals surface area (Å²) < 4.78 is 28.3. The van der Waals surface area contributed by atoms with Crippen molar-refractivity contribution in [2.75, 3.05) is 18.5 Å². The van der Waals surface area contributed by atoms with E-state index in [1.54, 1.807) is 71.0 Å². The van der Waals surface area contributed by atoms with Crippen LogP contribution in [0.5, 0.6) is 5.75 Å². The monoisotopic (exact) mass is 575 g/mol. The molecule has 0 aliphatic heterocycles. The lowest BCUT2D eigenvalue weighted by atomic mass is 10.1. The molecule has 0 saturated carbocycles. The molecular formula is C27H30BrNO8. The Labute approximate surface area is 223 Å². The molecule has 0 atom stereocenters. The van der Waals surface area contributed by atoms with E-state index in [9.17, 15) is 14.4 Å². The van der Waals surface area contributed by atoms with Gasteiger partial charge < -0.3 is 23.4 Å². The predicted octanol–water partition coefficient (Wildman–Crippen LogP) is 6.40. The van der Waals surface area contributed by atoms with Crippen LogP contribution in [-0.2, 0) is 32.0 Å². The van der Waals surface area contributed by atoms with Crippen LogP contribution in [0.2, 0.25) is 0 Å². The lowest BCUT2D eigenvalue weighted by Crippen LogP contribution is -2.24. The molecule has 0 spiro atoms. The smallest absolute Gasteiger partial charge is 0.411 e. The number of hydrogen-bond acceptors (Lipinski definition) is 8. The first kappa shape index (κ1) is 28.0. The van der Waals surface area contributed by atoms with Crippen LogP contribution in [0.3, 0.4) is 0 Å². The molecule has 2 aromatic carbocycles. The van der Waals surface area contributed by atoms with E-state index < -0.39 is 17.7 Å². The van der Waals surface area contributed by atoms with Gasteiger partial charge >= 0.3 is 18.0 Å². The van der Waals surface area contributed by atoms with Gasteiger partial charge in [-0.1, -0.05) is 34.1 Å². The average molecular weight is 576 g/mol. The molecule has 0 fully saturated rings. The zero-order valence-corrected chi connectivity index (χ0v) is 23.0. The number of carbonyl (C=O) groups is 3. The maximum absolute atomic E-state index is 13.1. The normalized spacial score (nSPS) is 11.2. The molecule has 1 heterocycles. The third-order valence-corrected chi connectivity index (χ3v) is 5.40. The van der Waals surface area contributed by atoms with Crippen LogP contribution in [0.15, 0.2) is 45.3 Å². The van der Waals surface area contributed by atoms with Crippen molar-refractivity contribution < 1.29 is 37.7 Å². The zero-order chi connectivity index (χ0) is 27.2. The number of carbonyl (C=O) groups excluding carboxylic acids is 3. The fourth-order valence-corrected chi connectivity index (χ4v) is 3.98. The Kier molecular flexibility index (Phi) is 9.20. The number of benzene rings is 2. The molecule has 3 aromatic rings. The summed E-state index contributed by atoms with van der Waals surface area (Å²) in [6.07, 6.45) is -0.628. The first-order valence-corrected chi connectivity index (χ1v) is 12.6. The Balaban J connectivity index is 2.04. The number of para-hydroxylation sites is 1. The number of esters is 2. The molecule has 0 aliphatic rings. The summed E-state index contributed by atoms with van der Waals surface area (Å²) in [7, 11) is 0. The Morgan fingerprint density at radius 2 is 1.73 bits per heavy atom. The van der Waals surface area contributed by atoms with Gasteiger partial charge in [-0.05, 0) is 52.8 Å². The van der Waals surface area contributed by atoms with Gasteiger partial charge in [0.1, 0.15) is 18.0 Å². The van der Waals surface area contributed by atoms with E-state index >= 15 is 0 Å². The third-order valence-electron chi connectivity index (χ3n) is 4.94. The van der Waals surface area contributed by atoms with Gasteiger partial charge in [0, 0.05) is 15.4 Å². The highest BCUT2D eigenvalue weighted by atomic mass is 79.9. The van der Waals surface area contributed by atoms with Gasteiger partial charge in [-0.25, -0.2) is 9.59 Å². The van der Waals surface area contributed by atoms with E-state index in [2.05, 4.69) is 21.2 Å². The largest absolute Gasteiger partial charge is 0.488 e. The number of nitrogens with one attached hydrogen (secondary N) is 1. The van der Waals surface area contributed by atoms with Gasteiger partial charge in [0.05, 0.1) is 30.9 Å². The Bertz CT molecular complexity index is 1290. The van der Waals surface area contributed by atoms with E-state index in [-0.39, 0.29) is 43.6 Å². The highest BCUT2D eigenvalue weighted by molar-refractivity contribution is 9.10. The van der Waals surface area contributed by atoms with Crippen LogP contribution in [0.1, 0.15) is 56.3 Å². The van der Waals surface area contributed by atoms with Crippen molar-refractivity contribution in [3.8, 4) is 5.75 Å². The minimum atomic E-state index is -0.771. The Morgan fingerprint density at radius 3 is 2.41 bits per heavy atom. The molecule has 0 unspecified atom stereocenters. The summed E-state index contributed by atoms with van der Waals surface area (Å²) >= 11 is 3.45. The van der Waals surface area contributed by atoms with Crippen molar-refractivity contribution in [3.05, 3.63) is 57.8 Å². The molecule has 1 aromatic heterocycles. The number of furan rings is 1. The fraction of sp³-hybridized carbons (Fsp3) is 0.370. The zero-order valence-electron chi connectivity index (χ0n) is 21.4. The van der Waals surface area contributed by atoms with Gasteiger partial charge in [-0.2, -0.15) is 0 Å². The van der Waals surface area contributed by atoms with E-state index in [0.717, 1.165) is 0 Å². The lowest BCUT2D eigenvalue weighted by molar-refractivity contribution is -0.142. The third kappa shape index (κ3) is 7.48. The van der Waals surface area contributed by atoms with Gasteiger partial charge in [-0.15, -0.1) is 0 Å². The number of halogens is 1. The second-order valence-electron chi connectivity index (χ2n) is 8.97. The average Bonchev–Trinajstić information content (AvgIpc) is 3.16. The Morgan fingerprint density at radius 1 is 1.03 bits per heavy atom. The molecule has 0 bridgehead atoms. The van der Waals surface area contributed by atoms with Crippen LogP contribution < -0.4 is 10.1 Å². The van der Waals surface area contributed by atoms with E-state index in [0.29, 0.717) is 32.4 Å². The summed E-state index contributed by atoms with van der Waals surface area (Å²) in [6, 6.07) is 10.5. The number of amides is 1. The molecule has 1 N–H and O–H groups in total. The maximum Gasteiger partial charge on any atom is 0.411 e. The summed E-state index contributed by atoms with van der Waals surface area (Å²) in [6.45, 7) is 9.08. The standard InChI is InChI=1S/C27H30BrNO8/c1-6-33-22(30)12-16-10-8-9-11-21(16)35-15-19-18-13-17(28)14-20(29-26(32)34-7-2)23(18)36-24(19)25(31)37-27(3,4)5/h8-11,13-14H,6-7,12,15H2,1-5H3,(H,29,32). The molecule has 0 radical (unpaired) electrons. The van der Waals surface area contributed by atoms with Gasteiger partial charge in [0.2, 0.25) is 5.76 Å². The van der Waals surface area contributed by atoms with Gasteiger partial charge in [0.15, 0.2) is 5.58 Å². The fourth-order valence-electron chi connectivity index (χ4n) is 3.52. The Hall–Kier alpha value is -3.53. The highest BCUT2D eigenvalue weighted by Crippen LogP contribution is 2.36. The minimum Gasteiger partial charge on any atom is -0.488 e. The van der Waals surface area contributed by atoms with Crippen molar-refractivity contribution >= 4 is 50.6 Å². The molecule has 3 rings (SSSR count). The van der Waals surface area contributed by atoms with Crippen LogP contribution in [0.4, 0.5) is 10.5 Å². The molecule has 1 amide bonds. The number of anilines is 1. The van der Waals surface area contributed by atoms with Crippen LogP contribution in [0.25, 0.3) is 11.0 Å². The van der Waals surface area contributed by atoms with E-state index in [1.807, 2.05) is 0 Å². The minimum absolute atomic E-state index is 0.0359. The predicted molar refractivity (Wildman–Crippen MR) is 141 cm³/mol. The van der Waals surface area contributed by atoms with Crippen LogP contribution >= 0.6 is 15.9 Å².